The summed E-state index contributed by atoms with van der Waals surface area (Å²) in [5, 5.41) is 17.3. The third kappa shape index (κ3) is 2.60. The number of aromatic nitrogens is 1. The second-order valence-corrected chi connectivity index (χ2v) is 8.13. The van der Waals surface area contributed by atoms with Crippen molar-refractivity contribution in [3.63, 3.8) is 0 Å². The minimum Gasteiger partial charge on any atom is -0.508 e. The first-order valence-electron chi connectivity index (χ1n) is 10.3. The minimum atomic E-state index is 0.317. The van der Waals surface area contributed by atoms with Crippen molar-refractivity contribution < 1.29 is 5.11 Å². The van der Waals surface area contributed by atoms with Crippen LogP contribution in [0.15, 0.2) is 79.0 Å². The van der Waals surface area contributed by atoms with Crippen molar-refractivity contribution >= 4 is 32.3 Å². The highest BCUT2D eigenvalue weighted by Gasteiger charge is 2.24. The Kier molecular flexibility index (Phi) is 3.60. The van der Waals surface area contributed by atoms with Crippen molar-refractivity contribution in [3.05, 3.63) is 95.8 Å². The summed E-state index contributed by atoms with van der Waals surface area (Å²) < 4.78 is 0. The van der Waals surface area contributed by atoms with E-state index in [4.69, 9.17) is 4.98 Å². The molecule has 0 spiro atoms. The predicted molar refractivity (Wildman–Crippen MR) is 120 cm³/mol. The second-order valence-electron chi connectivity index (χ2n) is 8.13. The van der Waals surface area contributed by atoms with E-state index in [1.807, 2.05) is 18.3 Å². The van der Waals surface area contributed by atoms with Crippen molar-refractivity contribution in [2.45, 2.75) is 25.2 Å². The van der Waals surface area contributed by atoms with Gasteiger partial charge in [-0.2, -0.15) is 0 Å². The maximum absolute atomic E-state index is 9.83. The summed E-state index contributed by atoms with van der Waals surface area (Å²) in [4.78, 5) is 4.82. The van der Waals surface area contributed by atoms with Gasteiger partial charge in [0.1, 0.15) is 5.75 Å². The fraction of sp³-hybridized carbons (Fsp3) is 0.148. The molecule has 6 rings (SSSR count). The summed E-state index contributed by atoms with van der Waals surface area (Å²) in [6.07, 6.45) is 5.21. The van der Waals surface area contributed by atoms with Crippen LogP contribution in [0.1, 0.15) is 29.2 Å². The number of benzene rings is 4. The molecule has 0 saturated heterocycles. The number of aryl methyl sites for hydroxylation is 1. The van der Waals surface area contributed by atoms with Crippen LogP contribution in [0.4, 0.5) is 0 Å². The molecule has 1 unspecified atom stereocenters. The first-order chi connectivity index (χ1) is 14.3. The highest BCUT2D eigenvalue weighted by atomic mass is 16.3. The molecule has 0 saturated carbocycles. The average molecular weight is 375 g/mol. The van der Waals surface area contributed by atoms with E-state index in [9.17, 15) is 5.11 Å². The number of fused-ring (bicyclic) bond motifs is 6. The Hall–Kier alpha value is -3.39. The zero-order valence-electron chi connectivity index (χ0n) is 16.1. The molecule has 2 nitrogen and oxygen atoms in total. The standard InChI is InChI=1S/C27H21NO/c29-21-9-12-22-19(15-21)8-11-25-24(22)10-7-18-5-6-20(16-26(18)25)27-23-4-2-1-3-17(23)13-14-28-27/h1-4,7-15,20,29H,5-6,16H2. The molecule has 1 aliphatic rings. The van der Waals surface area contributed by atoms with Gasteiger partial charge in [-0.3, -0.25) is 4.98 Å². The summed E-state index contributed by atoms with van der Waals surface area (Å²) >= 11 is 0. The molecule has 0 fully saturated rings. The van der Waals surface area contributed by atoms with Crippen molar-refractivity contribution in [1.29, 1.82) is 0 Å². The molecular weight excluding hydrogens is 354 g/mol. The Labute approximate surface area is 169 Å². The van der Waals surface area contributed by atoms with Gasteiger partial charge < -0.3 is 5.11 Å². The molecule has 4 aromatic carbocycles. The van der Waals surface area contributed by atoms with E-state index in [2.05, 4.69) is 54.6 Å². The highest BCUT2D eigenvalue weighted by molar-refractivity contribution is 6.09. The number of aromatic hydroxyl groups is 1. The fourth-order valence-electron chi connectivity index (χ4n) is 5.10. The first kappa shape index (κ1) is 16.6. The van der Waals surface area contributed by atoms with Gasteiger partial charge in [-0.15, -0.1) is 0 Å². The van der Waals surface area contributed by atoms with Crippen LogP contribution in [0.2, 0.25) is 0 Å². The number of phenols is 1. The summed E-state index contributed by atoms with van der Waals surface area (Å²) in [6.45, 7) is 0. The van der Waals surface area contributed by atoms with Crippen LogP contribution in [0.25, 0.3) is 32.3 Å². The van der Waals surface area contributed by atoms with Crippen molar-refractivity contribution in [3.8, 4) is 5.75 Å². The van der Waals surface area contributed by atoms with E-state index in [0.717, 1.165) is 24.6 Å². The Morgan fingerprint density at radius 3 is 2.59 bits per heavy atom. The Morgan fingerprint density at radius 1 is 0.759 bits per heavy atom. The molecule has 1 atom stereocenters. The third-order valence-electron chi connectivity index (χ3n) is 6.51. The van der Waals surface area contributed by atoms with Gasteiger partial charge in [-0.1, -0.05) is 54.6 Å². The van der Waals surface area contributed by atoms with Crippen molar-refractivity contribution in [1.82, 2.24) is 4.98 Å². The van der Waals surface area contributed by atoms with Crippen LogP contribution in [-0.2, 0) is 12.8 Å². The number of hydrogen-bond donors (Lipinski definition) is 1. The molecule has 0 bridgehead atoms. The van der Waals surface area contributed by atoms with Gasteiger partial charge in [0.05, 0.1) is 5.69 Å². The van der Waals surface area contributed by atoms with Crippen LogP contribution in [0.5, 0.6) is 5.75 Å². The lowest BCUT2D eigenvalue weighted by Gasteiger charge is -2.26. The summed E-state index contributed by atoms with van der Waals surface area (Å²) in [7, 11) is 0. The molecule has 1 aromatic heterocycles. The van der Waals surface area contributed by atoms with E-state index < -0.39 is 0 Å². The summed E-state index contributed by atoms with van der Waals surface area (Å²) in [5.41, 5.74) is 4.16. The van der Waals surface area contributed by atoms with E-state index in [1.165, 1.54) is 43.8 Å². The molecule has 5 aromatic rings. The van der Waals surface area contributed by atoms with Crippen LogP contribution < -0.4 is 0 Å². The van der Waals surface area contributed by atoms with Gasteiger partial charge in [0.2, 0.25) is 0 Å². The normalized spacial score (nSPS) is 16.3. The SMILES string of the molecule is Oc1ccc2c(ccc3c4c(ccc32)CCC(c2nccc3ccccc23)C4)c1. The molecule has 0 radical (unpaired) electrons. The topological polar surface area (TPSA) is 33.1 Å². The van der Waals surface area contributed by atoms with E-state index >= 15 is 0 Å². The van der Waals surface area contributed by atoms with Crippen LogP contribution >= 0.6 is 0 Å². The van der Waals surface area contributed by atoms with Gasteiger partial charge in [-0.05, 0) is 75.5 Å². The molecule has 0 aliphatic heterocycles. The van der Waals surface area contributed by atoms with Crippen molar-refractivity contribution in [2.75, 3.05) is 0 Å². The number of phenolic OH excluding ortho intramolecular Hbond substituents is 1. The molecule has 2 heteroatoms. The van der Waals surface area contributed by atoms with Gasteiger partial charge in [-0.25, -0.2) is 0 Å². The summed E-state index contributed by atoms with van der Waals surface area (Å²) in [5.74, 6) is 0.756. The van der Waals surface area contributed by atoms with Gasteiger partial charge in [0, 0.05) is 17.5 Å². The minimum absolute atomic E-state index is 0.317. The highest BCUT2D eigenvalue weighted by Crippen LogP contribution is 2.39. The molecule has 1 N–H and O–H groups in total. The Morgan fingerprint density at radius 2 is 1.62 bits per heavy atom. The fourth-order valence-corrected chi connectivity index (χ4v) is 5.10. The smallest absolute Gasteiger partial charge is 0.116 e. The average Bonchev–Trinajstić information content (AvgIpc) is 2.77. The van der Waals surface area contributed by atoms with Gasteiger partial charge in [0.15, 0.2) is 0 Å². The Balaban J connectivity index is 1.52. The van der Waals surface area contributed by atoms with E-state index in [0.29, 0.717) is 11.7 Å². The van der Waals surface area contributed by atoms with E-state index in [1.54, 1.807) is 6.07 Å². The summed E-state index contributed by atoms with van der Waals surface area (Å²) in [6, 6.07) is 25.3. The van der Waals surface area contributed by atoms with Crippen molar-refractivity contribution in [2.24, 2.45) is 0 Å². The van der Waals surface area contributed by atoms with Crippen LogP contribution in [0, 0.1) is 0 Å². The zero-order chi connectivity index (χ0) is 19.4. The second kappa shape index (κ2) is 6.31. The molecule has 140 valence electrons. The lowest BCUT2D eigenvalue weighted by Crippen LogP contribution is -2.14. The largest absolute Gasteiger partial charge is 0.508 e. The van der Waals surface area contributed by atoms with Gasteiger partial charge >= 0.3 is 0 Å². The van der Waals surface area contributed by atoms with Crippen LogP contribution in [-0.4, -0.2) is 10.1 Å². The third-order valence-corrected chi connectivity index (χ3v) is 6.51. The molecule has 1 heterocycles. The van der Waals surface area contributed by atoms with E-state index in [-0.39, 0.29) is 0 Å². The lowest BCUT2D eigenvalue weighted by molar-refractivity contribution is 0.476. The molecule has 1 aliphatic carbocycles. The predicted octanol–water partition coefficient (Wildman–Crippen LogP) is 6.52. The number of rotatable bonds is 1. The maximum atomic E-state index is 9.83. The Bertz CT molecular complexity index is 1400. The monoisotopic (exact) mass is 375 g/mol. The number of pyridine rings is 1. The first-order valence-corrected chi connectivity index (χ1v) is 10.3. The quantitative estimate of drug-likeness (QED) is 0.338. The molecule has 29 heavy (non-hydrogen) atoms. The molecule has 0 amide bonds. The lowest BCUT2D eigenvalue weighted by atomic mass is 9.78. The zero-order valence-corrected chi connectivity index (χ0v) is 16.1. The van der Waals surface area contributed by atoms with Crippen LogP contribution in [0.3, 0.4) is 0 Å². The molecular formula is C27H21NO. The number of nitrogens with zero attached hydrogens (tertiary/aromatic N) is 1. The van der Waals surface area contributed by atoms with Gasteiger partial charge in [0.25, 0.3) is 0 Å². The number of hydrogen-bond acceptors (Lipinski definition) is 2. The maximum Gasteiger partial charge on any atom is 0.116 e.